The third kappa shape index (κ3) is 12.1. The van der Waals surface area contributed by atoms with E-state index in [1.165, 1.54) is 42.3 Å². The second-order valence-electron chi connectivity index (χ2n) is 9.03. The van der Waals surface area contributed by atoms with Crippen molar-refractivity contribution in [1.82, 2.24) is 4.90 Å². The van der Waals surface area contributed by atoms with Crippen LogP contribution in [0.25, 0.3) is 0 Å². The number of amides is 2. The van der Waals surface area contributed by atoms with Crippen LogP contribution in [0, 0.1) is 0 Å². The first-order valence-corrected chi connectivity index (χ1v) is 12.7. The Morgan fingerprint density at radius 1 is 0.825 bits per heavy atom. The largest absolute Gasteiger partial charge is 0.508 e. The maximum atomic E-state index is 10.5. The number of ether oxygens (including phenoxy) is 1. The number of aromatic hydroxyl groups is 2. The second kappa shape index (κ2) is 16.9. The lowest BCUT2D eigenvalue weighted by atomic mass is 10.0. The van der Waals surface area contributed by atoms with Gasteiger partial charge in [-0.25, -0.2) is 0 Å². The predicted molar refractivity (Wildman–Crippen MR) is 159 cm³/mol. The van der Waals surface area contributed by atoms with Gasteiger partial charge in [0.25, 0.3) is 5.91 Å². The van der Waals surface area contributed by atoms with Gasteiger partial charge in [-0.05, 0) is 67.7 Å². The Kier molecular flexibility index (Phi) is 13.3. The fourth-order valence-corrected chi connectivity index (χ4v) is 3.37. The van der Waals surface area contributed by atoms with Crippen molar-refractivity contribution < 1.29 is 24.5 Å². The zero-order chi connectivity index (χ0) is 29.3. The number of rotatable bonds is 8. The van der Waals surface area contributed by atoms with E-state index in [1.807, 2.05) is 18.2 Å². The number of nitrogens with two attached hydrogens (primary N) is 1. The topological polar surface area (TPSA) is 125 Å². The first-order valence-electron chi connectivity index (χ1n) is 12.7. The van der Waals surface area contributed by atoms with Gasteiger partial charge in [0, 0.05) is 25.6 Å². The smallest absolute Gasteiger partial charge is 0.252 e. The molecule has 0 saturated heterocycles. The summed E-state index contributed by atoms with van der Waals surface area (Å²) in [7, 11) is 4.11. The van der Waals surface area contributed by atoms with Gasteiger partial charge in [-0.3, -0.25) is 9.59 Å². The third-order valence-electron chi connectivity index (χ3n) is 5.36. The van der Waals surface area contributed by atoms with Crippen LogP contribution in [0.5, 0.6) is 17.2 Å². The molecule has 0 atom stereocenters. The van der Waals surface area contributed by atoms with E-state index in [1.54, 1.807) is 24.3 Å². The van der Waals surface area contributed by atoms with Crippen LogP contribution < -0.4 is 15.8 Å². The molecule has 5 N–H and O–H groups in total. The van der Waals surface area contributed by atoms with E-state index in [0.29, 0.717) is 5.69 Å². The van der Waals surface area contributed by atoms with Crippen LogP contribution in [0.4, 0.5) is 5.69 Å². The van der Waals surface area contributed by atoms with E-state index < -0.39 is 5.91 Å². The minimum absolute atomic E-state index is 0.0741. The minimum atomic E-state index is -0.613. The SMILES string of the molecule is CC(=O)Nc1ccc(O)cc1.CN(C)CCOc1ccccc1Cc1ccccc1.NC(=O)c1ccccc1O. The minimum Gasteiger partial charge on any atom is -0.508 e. The molecule has 0 saturated carbocycles. The Balaban J connectivity index is 0.000000228. The third-order valence-corrected chi connectivity index (χ3v) is 5.36. The van der Waals surface area contributed by atoms with Gasteiger partial charge >= 0.3 is 0 Å². The maximum absolute atomic E-state index is 10.5. The van der Waals surface area contributed by atoms with Crippen LogP contribution in [-0.4, -0.2) is 54.2 Å². The molecule has 0 aliphatic rings. The number of phenols is 2. The molecule has 210 valence electrons. The Morgan fingerprint density at radius 3 is 2.00 bits per heavy atom. The molecule has 4 aromatic rings. The average Bonchev–Trinajstić information content (AvgIpc) is 2.92. The number of primary amides is 1. The molecule has 0 bridgehead atoms. The molecule has 0 radical (unpaired) electrons. The number of hydrogen-bond acceptors (Lipinski definition) is 6. The summed E-state index contributed by atoms with van der Waals surface area (Å²) in [5.74, 6) is 0.385. The summed E-state index contributed by atoms with van der Waals surface area (Å²) in [6, 6.07) is 31.2. The van der Waals surface area contributed by atoms with E-state index in [9.17, 15) is 9.59 Å². The molecule has 4 rings (SSSR count). The number of nitrogens with one attached hydrogen (secondary N) is 1. The van der Waals surface area contributed by atoms with Gasteiger partial charge in [-0.1, -0.05) is 60.7 Å². The molecular weight excluding hydrogens is 506 g/mol. The number of hydrogen-bond donors (Lipinski definition) is 4. The standard InChI is InChI=1S/C17H21NO.C8H9NO2.C7H7NO2/c1-18(2)12-13-19-17-11-7-6-10-16(17)14-15-8-4-3-5-9-15;1-6(10)9-7-2-4-8(11)5-3-7;8-7(10)5-3-1-2-4-6(5)9/h3-11H,12-14H2,1-2H3;2-5,11H,1H3,(H,9,10);1-4,9H,(H2,8,10). The van der Waals surface area contributed by atoms with Gasteiger partial charge < -0.3 is 30.9 Å². The van der Waals surface area contributed by atoms with Crippen LogP contribution in [0.2, 0.25) is 0 Å². The van der Waals surface area contributed by atoms with E-state index in [4.69, 9.17) is 20.7 Å². The van der Waals surface area contributed by atoms with Gasteiger partial charge in [-0.15, -0.1) is 0 Å². The lowest BCUT2D eigenvalue weighted by molar-refractivity contribution is -0.114. The molecule has 2 amide bonds. The summed E-state index contributed by atoms with van der Waals surface area (Å²) in [6.07, 6.45) is 0.916. The molecule has 0 spiro atoms. The molecule has 8 heteroatoms. The monoisotopic (exact) mass is 543 g/mol. The number of carbonyl (C=O) groups excluding carboxylic acids is 2. The van der Waals surface area contributed by atoms with Crippen molar-refractivity contribution in [2.45, 2.75) is 13.3 Å². The van der Waals surface area contributed by atoms with Gasteiger partial charge in [0.15, 0.2) is 0 Å². The van der Waals surface area contributed by atoms with Crippen molar-refractivity contribution in [3.8, 4) is 17.2 Å². The summed E-state index contributed by atoms with van der Waals surface area (Å²) in [5.41, 5.74) is 8.32. The highest BCUT2D eigenvalue weighted by Gasteiger charge is 2.05. The zero-order valence-corrected chi connectivity index (χ0v) is 23.1. The fourth-order valence-electron chi connectivity index (χ4n) is 3.37. The number of para-hydroxylation sites is 2. The summed E-state index contributed by atoms with van der Waals surface area (Å²) >= 11 is 0. The number of carbonyl (C=O) groups is 2. The Hall–Kier alpha value is -4.82. The molecule has 0 unspecified atom stereocenters. The Labute approximate surface area is 235 Å². The van der Waals surface area contributed by atoms with Crippen LogP contribution in [0.3, 0.4) is 0 Å². The Morgan fingerprint density at radius 2 is 1.43 bits per heavy atom. The molecule has 0 aliphatic carbocycles. The molecule has 40 heavy (non-hydrogen) atoms. The van der Waals surface area contributed by atoms with Crippen LogP contribution >= 0.6 is 0 Å². The van der Waals surface area contributed by atoms with Gasteiger partial charge in [-0.2, -0.15) is 0 Å². The summed E-state index contributed by atoms with van der Waals surface area (Å²) < 4.78 is 5.88. The molecule has 0 aromatic heterocycles. The lowest BCUT2D eigenvalue weighted by Crippen LogP contribution is -2.19. The van der Waals surface area contributed by atoms with Gasteiger partial charge in [0.1, 0.15) is 23.9 Å². The highest BCUT2D eigenvalue weighted by molar-refractivity contribution is 5.95. The molecule has 0 heterocycles. The lowest BCUT2D eigenvalue weighted by Gasteiger charge is -2.14. The fraction of sp³-hybridized carbons (Fsp3) is 0.188. The highest BCUT2D eigenvalue weighted by atomic mass is 16.5. The maximum Gasteiger partial charge on any atom is 0.252 e. The van der Waals surface area contributed by atoms with Crippen molar-refractivity contribution in [3.05, 3.63) is 120 Å². The molecular formula is C32H37N3O5. The van der Waals surface area contributed by atoms with Crippen molar-refractivity contribution >= 4 is 17.5 Å². The van der Waals surface area contributed by atoms with E-state index >= 15 is 0 Å². The normalized spacial score (nSPS) is 9.90. The van der Waals surface area contributed by atoms with Crippen molar-refractivity contribution in [2.75, 3.05) is 32.6 Å². The second-order valence-corrected chi connectivity index (χ2v) is 9.03. The van der Waals surface area contributed by atoms with Crippen molar-refractivity contribution in [2.24, 2.45) is 5.73 Å². The number of nitrogens with zero attached hydrogens (tertiary/aromatic N) is 1. The summed E-state index contributed by atoms with van der Waals surface area (Å²) in [6.45, 7) is 3.09. The Bertz CT molecular complexity index is 1330. The average molecular weight is 544 g/mol. The van der Waals surface area contributed by atoms with E-state index in [0.717, 1.165) is 25.3 Å². The van der Waals surface area contributed by atoms with Crippen molar-refractivity contribution in [1.29, 1.82) is 0 Å². The van der Waals surface area contributed by atoms with Gasteiger partial charge in [0.2, 0.25) is 5.91 Å². The quantitative estimate of drug-likeness (QED) is 0.230. The summed E-state index contributed by atoms with van der Waals surface area (Å²) in [4.78, 5) is 23.1. The first kappa shape index (κ1) is 31.4. The number of likely N-dealkylation sites (N-methyl/N-ethyl adjacent to an activating group) is 1. The number of anilines is 1. The van der Waals surface area contributed by atoms with Gasteiger partial charge in [0.05, 0.1) is 5.56 Å². The molecule has 8 nitrogen and oxygen atoms in total. The highest BCUT2D eigenvalue weighted by Crippen LogP contribution is 2.21. The molecule has 0 fully saturated rings. The van der Waals surface area contributed by atoms with Crippen molar-refractivity contribution in [3.63, 3.8) is 0 Å². The van der Waals surface area contributed by atoms with Crippen LogP contribution in [-0.2, 0) is 11.2 Å². The number of benzene rings is 4. The zero-order valence-electron chi connectivity index (χ0n) is 23.1. The van der Waals surface area contributed by atoms with E-state index in [2.05, 4.69) is 60.7 Å². The van der Waals surface area contributed by atoms with Crippen LogP contribution in [0.1, 0.15) is 28.4 Å². The predicted octanol–water partition coefficient (Wildman–Crippen LogP) is 5.06. The van der Waals surface area contributed by atoms with Crippen LogP contribution in [0.15, 0.2) is 103 Å². The first-order chi connectivity index (χ1) is 19.2. The van der Waals surface area contributed by atoms with E-state index in [-0.39, 0.29) is 23.0 Å². The number of phenolic OH excluding ortho intramolecular Hbond substituents is 1. The molecule has 0 aliphatic heterocycles. The molecule has 4 aromatic carbocycles. The summed E-state index contributed by atoms with van der Waals surface area (Å²) in [5, 5.41) is 20.4.